The number of rotatable bonds is 7. The van der Waals surface area contributed by atoms with Gasteiger partial charge >= 0.3 is 0 Å². The van der Waals surface area contributed by atoms with Gasteiger partial charge in [-0.25, -0.2) is 0 Å². The molecule has 0 radical (unpaired) electrons. The van der Waals surface area contributed by atoms with Crippen LogP contribution in [0.25, 0.3) is 0 Å². The molecule has 234 valence electrons. The van der Waals surface area contributed by atoms with Gasteiger partial charge in [0.2, 0.25) is 0 Å². The number of thiocarbonyl (C=S) groups is 1. The van der Waals surface area contributed by atoms with E-state index in [1.54, 1.807) is 25.3 Å². The van der Waals surface area contributed by atoms with Crippen LogP contribution in [0.2, 0.25) is 0 Å². The number of piperidine rings is 1. The molecule has 4 unspecified atom stereocenters. The molecule has 1 N–H and O–H groups in total. The third-order valence-electron chi connectivity index (χ3n) is 10.8. The van der Waals surface area contributed by atoms with Gasteiger partial charge in [-0.2, -0.15) is 0 Å². The van der Waals surface area contributed by atoms with Crippen molar-refractivity contribution in [1.82, 2.24) is 15.1 Å². The number of hydrogen-bond acceptors (Lipinski definition) is 4. The number of nitrogens with zero attached hydrogens (tertiary/aromatic N) is 2. The number of benzene rings is 3. The predicted octanol–water partition coefficient (Wildman–Crippen LogP) is 7.64. The Labute approximate surface area is 269 Å². The second kappa shape index (κ2) is 13.1. The van der Waals surface area contributed by atoms with Gasteiger partial charge in [0, 0.05) is 32.2 Å². The Morgan fingerprint density at radius 3 is 2.27 bits per heavy atom. The summed E-state index contributed by atoms with van der Waals surface area (Å²) in [6.45, 7) is 13.0. The van der Waals surface area contributed by atoms with E-state index in [2.05, 4.69) is 91.3 Å². The average molecular weight is 612 g/mol. The van der Waals surface area contributed by atoms with Crippen LogP contribution in [0.4, 0.5) is 0 Å². The van der Waals surface area contributed by atoms with E-state index >= 15 is 0 Å². The molecule has 3 aromatic rings. The standard InChI is InChI=1S/C38H49N3O2S/c1-7-28-23-40-14-12-29-16-25(3)26(4)17-32(29)34(40)18-31(28)19-35-33-21-37(43-6)36(42-5)20-30(33)13-15-41(35)38(44)39-22-27-10-8-24(2)9-11-27/h8-11,16-17,20-21,28,31,34-35H,7,12-15,18-19,22-23H2,1-6H3,(H,39,44). The van der Waals surface area contributed by atoms with Crippen LogP contribution in [-0.2, 0) is 19.4 Å². The Hall–Kier alpha value is -3.09. The lowest BCUT2D eigenvalue weighted by atomic mass is 9.72. The van der Waals surface area contributed by atoms with Gasteiger partial charge in [0.05, 0.1) is 20.3 Å². The first kappa shape index (κ1) is 30.9. The SMILES string of the molecule is CCC1CN2CCc3cc(C)c(C)cc3C2CC1CC1c2cc(OC)c(OC)cc2CCN1C(=S)NCc1ccc(C)cc1. The summed E-state index contributed by atoms with van der Waals surface area (Å²) < 4.78 is 11.5. The highest BCUT2D eigenvalue weighted by Crippen LogP contribution is 2.48. The zero-order chi connectivity index (χ0) is 31.0. The first-order valence-corrected chi connectivity index (χ1v) is 16.9. The fourth-order valence-electron chi connectivity index (χ4n) is 8.01. The number of nitrogens with one attached hydrogen (secondary N) is 1. The van der Waals surface area contributed by atoms with Crippen LogP contribution in [0, 0.1) is 32.6 Å². The monoisotopic (exact) mass is 611 g/mol. The Morgan fingerprint density at radius 2 is 1.55 bits per heavy atom. The summed E-state index contributed by atoms with van der Waals surface area (Å²) in [5.74, 6) is 2.87. The van der Waals surface area contributed by atoms with E-state index in [-0.39, 0.29) is 6.04 Å². The van der Waals surface area contributed by atoms with Crippen molar-refractivity contribution in [2.75, 3.05) is 33.9 Å². The van der Waals surface area contributed by atoms with Crippen molar-refractivity contribution in [3.8, 4) is 11.5 Å². The van der Waals surface area contributed by atoms with E-state index < -0.39 is 0 Å². The Balaban J connectivity index is 1.31. The van der Waals surface area contributed by atoms with Gasteiger partial charge in [0.15, 0.2) is 16.6 Å². The van der Waals surface area contributed by atoms with Crippen molar-refractivity contribution in [2.45, 2.75) is 78.4 Å². The van der Waals surface area contributed by atoms with Crippen LogP contribution in [0.15, 0.2) is 48.5 Å². The Kier molecular flexibility index (Phi) is 9.21. The topological polar surface area (TPSA) is 37.0 Å². The lowest BCUT2D eigenvalue weighted by molar-refractivity contribution is 0.0378. The molecule has 6 heteroatoms. The molecule has 3 heterocycles. The number of aryl methyl sites for hydroxylation is 3. The normalized spacial score (nSPS) is 22.9. The van der Waals surface area contributed by atoms with Crippen LogP contribution < -0.4 is 14.8 Å². The zero-order valence-corrected chi connectivity index (χ0v) is 28.2. The van der Waals surface area contributed by atoms with E-state index in [1.807, 2.05) is 0 Å². The summed E-state index contributed by atoms with van der Waals surface area (Å²) in [5.41, 5.74) is 11.2. The lowest BCUT2D eigenvalue weighted by Crippen LogP contribution is -2.49. The van der Waals surface area contributed by atoms with E-state index in [0.29, 0.717) is 17.9 Å². The minimum absolute atomic E-state index is 0.185. The molecule has 3 aromatic carbocycles. The van der Waals surface area contributed by atoms with Crippen LogP contribution in [0.1, 0.15) is 82.8 Å². The fraction of sp³-hybridized carbons (Fsp3) is 0.500. The average Bonchev–Trinajstić information content (AvgIpc) is 3.04. The third kappa shape index (κ3) is 6.08. The first-order chi connectivity index (χ1) is 21.3. The van der Waals surface area contributed by atoms with Gasteiger partial charge in [0.1, 0.15) is 0 Å². The quantitative estimate of drug-likeness (QED) is 0.277. The van der Waals surface area contributed by atoms with Crippen LogP contribution in [0.3, 0.4) is 0 Å². The van der Waals surface area contributed by atoms with Gasteiger partial charge in [-0.1, -0.05) is 55.3 Å². The summed E-state index contributed by atoms with van der Waals surface area (Å²) >= 11 is 6.16. The summed E-state index contributed by atoms with van der Waals surface area (Å²) in [7, 11) is 3.46. The summed E-state index contributed by atoms with van der Waals surface area (Å²) in [5, 5.41) is 4.47. The molecule has 0 aromatic heterocycles. The molecule has 3 aliphatic rings. The fourth-order valence-corrected chi connectivity index (χ4v) is 8.30. The van der Waals surface area contributed by atoms with Crippen molar-refractivity contribution in [3.63, 3.8) is 0 Å². The van der Waals surface area contributed by atoms with Crippen molar-refractivity contribution in [1.29, 1.82) is 0 Å². The second-order valence-corrected chi connectivity index (χ2v) is 13.7. The predicted molar refractivity (Wildman–Crippen MR) is 184 cm³/mol. The largest absolute Gasteiger partial charge is 0.493 e. The Bertz CT molecular complexity index is 1500. The van der Waals surface area contributed by atoms with Crippen molar-refractivity contribution in [2.24, 2.45) is 11.8 Å². The lowest BCUT2D eigenvalue weighted by Gasteiger charge is -2.49. The zero-order valence-electron chi connectivity index (χ0n) is 27.4. The van der Waals surface area contributed by atoms with Crippen LogP contribution in [0.5, 0.6) is 11.5 Å². The summed E-state index contributed by atoms with van der Waals surface area (Å²) in [4.78, 5) is 5.26. The third-order valence-corrected chi connectivity index (χ3v) is 11.1. The maximum absolute atomic E-state index is 6.16. The minimum Gasteiger partial charge on any atom is -0.493 e. The van der Waals surface area contributed by atoms with E-state index in [1.165, 1.54) is 65.7 Å². The smallest absolute Gasteiger partial charge is 0.169 e. The van der Waals surface area contributed by atoms with E-state index in [4.69, 9.17) is 21.7 Å². The first-order valence-electron chi connectivity index (χ1n) is 16.5. The van der Waals surface area contributed by atoms with Gasteiger partial charge in [-0.05, 0) is 122 Å². The van der Waals surface area contributed by atoms with Gasteiger partial charge < -0.3 is 19.7 Å². The highest BCUT2D eigenvalue weighted by molar-refractivity contribution is 7.80. The summed E-state index contributed by atoms with van der Waals surface area (Å²) in [6.07, 6.45) is 5.58. The molecule has 44 heavy (non-hydrogen) atoms. The number of methoxy groups -OCH3 is 2. The molecule has 0 amide bonds. The number of hydrogen-bond donors (Lipinski definition) is 1. The molecule has 1 fully saturated rings. The molecule has 0 spiro atoms. The maximum Gasteiger partial charge on any atom is 0.169 e. The minimum atomic E-state index is 0.185. The molecule has 6 rings (SSSR count). The number of fused-ring (bicyclic) bond motifs is 4. The van der Waals surface area contributed by atoms with Gasteiger partial charge in [0.25, 0.3) is 0 Å². The van der Waals surface area contributed by atoms with Crippen molar-refractivity contribution in [3.05, 3.63) is 93.0 Å². The van der Waals surface area contributed by atoms with Crippen molar-refractivity contribution < 1.29 is 9.47 Å². The van der Waals surface area contributed by atoms with Crippen LogP contribution in [-0.4, -0.2) is 48.8 Å². The summed E-state index contributed by atoms with van der Waals surface area (Å²) in [6, 6.07) is 18.8. The van der Waals surface area contributed by atoms with Gasteiger partial charge in [-0.15, -0.1) is 0 Å². The molecular weight excluding hydrogens is 563 g/mol. The van der Waals surface area contributed by atoms with E-state index in [0.717, 1.165) is 42.5 Å². The molecule has 0 saturated carbocycles. The molecule has 0 bridgehead atoms. The highest BCUT2D eigenvalue weighted by Gasteiger charge is 2.41. The molecular formula is C38H49N3O2S. The van der Waals surface area contributed by atoms with Crippen molar-refractivity contribution >= 4 is 17.3 Å². The maximum atomic E-state index is 6.16. The van der Waals surface area contributed by atoms with E-state index in [9.17, 15) is 0 Å². The second-order valence-electron chi connectivity index (χ2n) is 13.3. The molecule has 0 aliphatic carbocycles. The molecule has 3 aliphatic heterocycles. The molecule has 4 atom stereocenters. The Morgan fingerprint density at radius 1 is 0.864 bits per heavy atom. The van der Waals surface area contributed by atoms with Gasteiger partial charge in [-0.3, -0.25) is 4.90 Å². The molecule has 5 nitrogen and oxygen atoms in total. The number of ether oxygens (including phenoxy) is 2. The molecule has 1 saturated heterocycles. The highest BCUT2D eigenvalue weighted by atomic mass is 32.1. The van der Waals surface area contributed by atoms with Crippen LogP contribution >= 0.6 is 12.2 Å².